The van der Waals surface area contributed by atoms with E-state index >= 15 is 0 Å². The molecule has 0 aliphatic rings. The number of fused-ring (bicyclic) bond motifs is 1. The molecule has 0 aliphatic carbocycles. The van der Waals surface area contributed by atoms with Gasteiger partial charge in [-0.05, 0) is 68.0 Å². The average molecular weight is 540 g/mol. The normalized spacial score (nSPS) is 8.67. The van der Waals surface area contributed by atoms with Gasteiger partial charge in [0.25, 0.3) is 0 Å². The predicted octanol–water partition coefficient (Wildman–Crippen LogP) is 13.9. The number of aryl methyl sites for hydroxylation is 3. The number of hydrogen-bond acceptors (Lipinski definition) is 0. The molecule has 0 unspecified atom stereocenters. The summed E-state index contributed by atoms with van der Waals surface area (Å²) in [6.45, 7) is 32.8. The molecule has 0 saturated heterocycles. The summed E-state index contributed by atoms with van der Waals surface area (Å²) < 4.78 is 0. The van der Waals surface area contributed by atoms with E-state index in [0.29, 0.717) is 0 Å². The second-order valence-electron chi connectivity index (χ2n) is 8.61. The molecule has 1 aromatic heterocycles. The molecular formula is C38H69N. The second kappa shape index (κ2) is 33.7. The van der Waals surface area contributed by atoms with Crippen LogP contribution in [0.5, 0.6) is 0 Å². The van der Waals surface area contributed by atoms with Crippen LogP contribution >= 0.6 is 0 Å². The Morgan fingerprint density at radius 1 is 0.667 bits per heavy atom. The molecule has 0 saturated carbocycles. The number of benzene rings is 2. The van der Waals surface area contributed by atoms with Crippen molar-refractivity contribution in [3.05, 3.63) is 77.5 Å². The third-order valence-electron chi connectivity index (χ3n) is 5.63. The maximum atomic E-state index is 3.89. The quantitative estimate of drug-likeness (QED) is 0.274. The third kappa shape index (κ3) is 22.3. The molecule has 1 N–H and O–H groups in total. The van der Waals surface area contributed by atoms with Crippen LogP contribution in [0, 0.1) is 13.8 Å². The van der Waals surface area contributed by atoms with Crippen LogP contribution in [0.4, 0.5) is 0 Å². The van der Waals surface area contributed by atoms with Crippen LogP contribution < -0.4 is 0 Å². The summed E-state index contributed by atoms with van der Waals surface area (Å²) in [4.78, 5) is 3.30. The van der Waals surface area contributed by atoms with Crippen molar-refractivity contribution in [2.45, 2.75) is 148 Å². The fraction of sp³-hybridized carbons (Fsp3) is 0.579. The molecule has 0 radical (unpaired) electrons. The summed E-state index contributed by atoms with van der Waals surface area (Å²) in [5, 5.41) is 1.39. The number of allylic oxidation sites excluding steroid dienone is 1. The Hall–Kier alpha value is -2.28. The molecular weight excluding hydrogens is 470 g/mol. The van der Waals surface area contributed by atoms with Crippen LogP contribution in [0.25, 0.3) is 16.5 Å². The highest BCUT2D eigenvalue weighted by Gasteiger charge is 2.01. The topological polar surface area (TPSA) is 15.8 Å². The minimum atomic E-state index is 1.14. The lowest BCUT2D eigenvalue weighted by molar-refractivity contribution is 0.632. The van der Waals surface area contributed by atoms with Gasteiger partial charge < -0.3 is 4.98 Å². The minimum absolute atomic E-state index is 1.14. The zero-order valence-electron chi connectivity index (χ0n) is 29.0. The standard InChI is InChI=1S/C16H23N.C10H12.C4H10.4C2H6/c1-3-4-5-6-7-8-14-9-10-16-15(11-14)13(2)12-17-16;1-8(2)10-7-5-4-6-9(10)3;1-3-4-2;4*1-2/h9-12,17H,3-8H2,1-2H3;4-7H,1H2,2-3H3;3-4H2,1-2H3;4*1-2H3. The Labute approximate surface area is 246 Å². The van der Waals surface area contributed by atoms with Gasteiger partial charge in [-0.2, -0.15) is 0 Å². The van der Waals surface area contributed by atoms with Gasteiger partial charge in [0.2, 0.25) is 0 Å². The summed E-state index contributed by atoms with van der Waals surface area (Å²) in [7, 11) is 0. The fourth-order valence-electron chi connectivity index (χ4n) is 3.45. The Morgan fingerprint density at radius 3 is 1.67 bits per heavy atom. The van der Waals surface area contributed by atoms with Crippen LogP contribution in [0.3, 0.4) is 0 Å². The minimum Gasteiger partial charge on any atom is -0.361 e. The van der Waals surface area contributed by atoms with E-state index in [-0.39, 0.29) is 0 Å². The molecule has 3 aromatic rings. The van der Waals surface area contributed by atoms with Gasteiger partial charge >= 0.3 is 0 Å². The highest BCUT2D eigenvalue weighted by atomic mass is 14.7. The SMILES string of the molecule is C=C(C)c1ccccc1C.CC.CC.CC.CC.CCCC.CCCCCCCc1ccc2[nH]cc(C)c2c1. The van der Waals surface area contributed by atoms with Gasteiger partial charge in [-0.3, -0.25) is 0 Å². The zero-order chi connectivity index (χ0) is 31.1. The van der Waals surface area contributed by atoms with Crippen LogP contribution in [0.2, 0.25) is 0 Å². The molecule has 1 nitrogen and oxygen atoms in total. The van der Waals surface area contributed by atoms with Gasteiger partial charge in [-0.1, -0.05) is 157 Å². The van der Waals surface area contributed by atoms with Crippen molar-refractivity contribution in [3.8, 4) is 0 Å². The van der Waals surface area contributed by atoms with E-state index in [1.54, 1.807) is 0 Å². The number of aromatic nitrogens is 1. The first kappa shape index (κ1) is 43.8. The summed E-state index contributed by atoms with van der Waals surface area (Å²) in [5.74, 6) is 0. The summed E-state index contributed by atoms with van der Waals surface area (Å²) in [6.07, 6.45) is 12.8. The van der Waals surface area contributed by atoms with Crippen LogP contribution in [-0.4, -0.2) is 4.98 Å². The van der Waals surface area contributed by atoms with Gasteiger partial charge in [-0.25, -0.2) is 0 Å². The Morgan fingerprint density at radius 2 is 1.21 bits per heavy atom. The van der Waals surface area contributed by atoms with E-state index in [4.69, 9.17) is 0 Å². The molecule has 0 atom stereocenters. The van der Waals surface area contributed by atoms with Crippen LogP contribution in [0.15, 0.2) is 55.2 Å². The van der Waals surface area contributed by atoms with Gasteiger partial charge in [-0.15, -0.1) is 0 Å². The summed E-state index contributed by atoms with van der Waals surface area (Å²) in [5.41, 5.74) is 7.80. The molecule has 0 aliphatic heterocycles. The maximum Gasteiger partial charge on any atom is 0.0456 e. The molecule has 2 aromatic carbocycles. The third-order valence-corrected chi connectivity index (χ3v) is 5.63. The van der Waals surface area contributed by atoms with E-state index in [0.717, 1.165) is 5.57 Å². The first-order valence-corrected chi connectivity index (χ1v) is 16.2. The van der Waals surface area contributed by atoms with Crippen molar-refractivity contribution in [2.24, 2.45) is 0 Å². The van der Waals surface area contributed by atoms with E-state index in [1.165, 1.54) is 84.5 Å². The van der Waals surface area contributed by atoms with Crippen molar-refractivity contribution in [1.82, 2.24) is 4.98 Å². The first-order chi connectivity index (χ1) is 18.9. The number of hydrogen-bond donors (Lipinski definition) is 1. The predicted molar refractivity (Wildman–Crippen MR) is 187 cm³/mol. The number of nitrogens with one attached hydrogen (secondary N) is 1. The van der Waals surface area contributed by atoms with Crippen molar-refractivity contribution in [3.63, 3.8) is 0 Å². The van der Waals surface area contributed by atoms with Crippen molar-refractivity contribution in [2.75, 3.05) is 0 Å². The Bertz CT molecular complexity index is 883. The smallest absolute Gasteiger partial charge is 0.0456 e. The highest BCUT2D eigenvalue weighted by Crippen LogP contribution is 2.20. The van der Waals surface area contributed by atoms with Gasteiger partial charge in [0.1, 0.15) is 0 Å². The highest BCUT2D eigenvalue weighted by molar-refractivity contribution is 5.83. The average Bonchev–Trinajstić information content (AvgIpc) is 3.37. The lowest BCUT2D eigenvalue weighted by atomic mass is 10.0. The molecule has 0 fully saturated rings. The molecule has 226 valence electrons. The lowest BCUT2D eigenvalue weighted by Crippen LogP contribution is -1.86. The van der Waals surface area contributed by atoms with E-state index in [9.17, 15) is 0 Å². The molecule has 0 bridgehead atoms. The zero-order valence-corrected chi connectivity index (χ0v) is 29.0. The second-order valence-corrected chi connectivity index (χ2v) is 8.61. The van der Waals surface area contributed by atoms with E-state index in [2.05, 4.69) is 82.7 Å². The summed E-state index contributed by atoms with van der Waals surface area (Å²) in [6, 6.07) is 15.1. The van der Waals surface area contributed by atoms with E-state index in [1.807, 2.05) is 74.4 Å². The lowest BCUT2D eigenvalue weighted by Gasteiger charge is -2.02. The van der Waals surface area contributed by atoms with Crippen molar-refractivity contribution >= 4 is 16.5 Å². The monoisotopic (exact) mass is 540 g/mol. The van der Waals surface area contributed by atoms with Gasteiger partial charge in [0.15, 0.2) is 0 Å². The van der Waals surface area contributed by atoms with Crippen LogP contribution in [0.1, 0.15) is 150 Å². The Kier molecular flexibility index (Phi) is 37.9. The molecule has 39 heavy (non-hydrogen) atoms. The number of H-pyrrole nitrogens is 1. The molecule has 1 heterocycles. The number of unbranched alkanes of at least 4 members (excludes halogenated alkanes) is 5. The summed E-state index contributed by atoms with van der Waals surface area (Å²) >= 11 is 0. The fourth-order valence-corrected chi connectivity index (χ4v) is 3.45. The number of rotatable bonds is 8. The molecule has 3 rings (SSSR count). The molecule has 0 spiro atoms. The maximum absolute atomic E-state index is 3.89. The van der Waals surface area contributed by atoms with Crippen LogP contribution in [-0.2, 0) is 6.42 Å². The number of aromatic amines is 1. The van der Waals surface area contributed by atoms with Gasteiger partial charge in [0.05, 0.1) is 0 Å². The molecule has 1 heteroatoms. The van der Waals surface area contributed by atoms with Crippen molar-refractivity contribution in [1.29, 1.82) is 0 Å². The van der Waals surface area contributed by atoms with Gasteiger partial charge in [0, 0.05) is 17.1 Å². The first-order valence-electron chi connectivity index (χ1n) is 16.2. The Balaban J connectivity index is -0.000000237. The largest absolute Gasteiger partial charge is 0.361 e. The van der Waals surface area contributed by atoms with Crippen molar-refractivity contribution < 1.29 is 0 Å². The molecule has 0 amide bonds. The van der Waals surface area contributed by atoms with E-state index < -0.39 is 0 Å².